The zero-order valence-corrected chi connectivity index (χ0v) is 19.4. The van der Waals surface area contributed by atoms with Gasteiger partial charge in [-0.3, -0.25) is 14.5 Å². The topological polar surface area (TPSA) is 123 Å². The molecule has 10 nitrogen and oxygen atoms in total. The van der Waals surface area contributed by atoms with Gasteiger partial charge in [0.05, 0.1) is 24.1 Å². The minimum Gasteiger partial charge on any atom is -0.465 e. The molecule has 0 atom stereocenters. The molecule has 1 N–H and O–H groups in total. The molecule has 0 spiro atoms. The average molecular weight is 484 g/mol. The maximum absolute atomic E-state index is 13.1. The van der Waals surface area contributed by atoms with Gasteiger partial charge in [-0.15, -0.1) is 0 Å². The zero-order chi connectivity index (χ0) is 24.1. The van der Waals surface area contributed by atoms with Gasteiger partial charge in [-0.05, 0) is 36.6 Å². The van der Waals surface area contributed by atoms with Crippen LogP contribution < -0.4 is 5.32 Å². The maximum atomic E-state index is 13.1. The van der Waals surface area contributed by atoms with E-state index in [2.05, 4.69) is 15.4 Å². The van der Waals surface area contributed by atoms with E-state index in [0.717, 1.165) is 5.56 Å². The van der Waals surface area contributed by atoms with E-state index >= 15 is 0 Å². The molecule has 1 amide bonds. The second-order valence-corrected chi connectivity index (χ2v) is 9.82. The van der Waals surface area contributed by atoms with Gasteiger partial charge in [-0.25, -0.2) is 13.2 Å². The van der Waals surface area contributed by atoms with Crippen molar-refractivity contribution in [3.63, 3.8) is 0 Å². The number of rotatable bonds is 7. The molecule has 1 aromatic carbocycles. The summed E-state index contributed by atoms with van der Waals surface area (Å²) >= 11 is 0. The van der Waals surface area contributed by atoms with Gasteiger partial charge in [-0.2, -0.15) is 9.40 Å². The van der Waals surface area contributed by atoms with E-state index in [1.807, 2.05) is 12.1 Å². The van der Waals surface area contributed by atoms with E-state index in [-0.39, 0.29) is 35.4 Å². The summed E-state index contributed by atoms with van der Waals surface area (Å²) in [6, 6.07) is 11.5. The Morgan fingerprint density at radius 2 is 1.88 bits per heavy atom. The molecule has 178 valence electrons. The molecule has 1 aliphatic heterocycles. The first-order valence-corrected chi connectivity index (χ1v) is 12.2. The van der Waals surface area contributed by atoms with Crippen molar-refractivity contribution >= 4 is 27.7 Å². The van der Waals surface area contributed by atoms with Gasteiger partial charge in [0.1, 0.15) is 0 Å². The molecule has 3 aromatic rings. The van der Waals surface area contributed by atoms with E-state index in [0.29, 0.717) is 25.2 Å². The highest BCUT2D eigenvalue weighted by Crippen LogP contribution is 2.27. The Balaban J connectivity index is 1.36. The van der Waals surface area contributed by atoms with Crippen LogP contribution in [0.1, 0.15) is 28.8 Å². The molecular formula is C23H25N5O5S. The summed E-state index contributed by atoms with van der Waals surface area (Å²) in [5, 5.41) is 7.19. The number of carbonyl (C=O) groups is 2. The van der Waals surface area contributed by atoms with Gasteiger partial charge in [0.15, 0.2) is 5.82 Å². The molecule has 0 radical (unpaired) electrons. The number of hydrogen-bond donors (Lipinski definition) is 1. The monoisotopic (exact) mass is 483 g/mol. The Morgan fingerprint density at radius 1 is 1.12 bits per heavy atom. The van der Waals surface area contributed by atoms with Crippen LogP contribution in [0.5, 0.6) is 0 Å². The molecule has 11 heteroatoms. The van der Waals surface area contributed by atoms with Crippen molar-refractivity contribution in [2.24, 2.45) is 5.92 Å². The number of nitrogens with one attached hydrogen (secondary N) is 1. The molecule has 2 aromatic heterocycles. The van der Waals surface area contributed by atoms with Crippen LogP contribution in [0.25, 0.3) is 0 Å². The van der Waals surface area contributed by atoms with E-state index in [9.17, 15) is 18.0 Å². The minimum absolute atomic E-state index is 0.00765. The van der Waals surface area contributed by atoms with Crippen molar-refractivity contribution < 1.29 is 22.7 Å². The van der Waals surface area contributed by atoms with E-state index in [1.54, 1.807) is 41.5 Å². The van der Waals surface area contributed by atoms with Crippen molar-refractivity contribution in [2.45, 2.75) is 24.3 Å². The molecule has 0 aliphatic carbocycles. The number of pyridine rings is 1. The highest BCUT2D eigenvalue weighted by molar-refractivity contribution is 7.89. The Labute approximate surface area is 197 Å². The molecule has 1 saturated heterocycles. The number of hydrogen-bond acceptors (Lipinski definition) is 7. The predicted molar refractivity (Wildman–Crippen MR) is 123 cm³/mol. The summed E-state index contributed by atoms with van der Waals surface area (Å²) in [6.07, 6.45) is 5.96. The van der Waals surface area contributed by atoms with Gasteiger partial charge in [0, 0.05) is 43.7 Å². The molecule has 34 heavy (non-hydrogen) atoms. The van der Waals surface area contributed by atoms with E-state index < -0.39 is 16.0 Å². The van der Waals surface area contributed by atoms with Crippen LogP contribution in [0.3, 0.4) is 0 Å². The lowest BCUT2D eigenvalue weighted by Crippen LogP contribution is -2.41. The van der Waals surface area contributed by atoms with Crippen LogP contribution in [-0.4, -0.2) is 59.6 Å². The number of amides is 1. The number of benzene rings is 1. The normalized spacial score (nSPS) is 15.1. The average Bonchev–Trinajstić information content (AvgIpc) is 3.30. The highest BCUT2D eigenvalue weighted by atomic mass is 32.2. The quantitative estimate of drug-likeness (QED) is 0.511. The Hall–Kier alpha value is -3.57. The van der Waals surface area contributed by atoms with Gasteiger partial charge in [0.2, 0.25) is 15.9 Å². The Bertz CT molecular complexity index is 1270. The van der Waals surface area contributed by atoms with Crippen molar-refractivity contribution in [2.75, 3.05) is 25.5 Å². The number of piperidine rings is 1. The third-order valence-corrected chi connectivity index (χ3v) is 7.65. The first-order valence-electron chi connectivity index (χ1n) is 10.8. The predicted octanol–water partition coefficient (Wildman–Crippen LogP) is 2.15. The number of methoxy groups -OCH3 is 1. The SMILES string of the molecule is COC(=O)c1ccccc1S(=O)(=O)N1CCC(C(=O)Nc2ccn(Cc3cccnc3)n2)CC1. The van der Waals surface area contributed by atoms with Crippen LogP contribution >= 0.6 is 0 Å². The lowest BCUT2D eigenvalue weighted by Gasteiger charge is -2.30. The number of ether oxygens (including phenoxy) is 1. The summed E-state index contributed by atoms with van der Waals surface area (Å²) in [5.74, 6) is -0.809. The van der Waals surface area contributed by atoms with Crippen molar-refractivity contribution in [1.29, 1.82) is 0 Å². The molecule has 4 rings (SSSR count). The first kappa shape index (κ1) is 23.6. The van der Waals surface area contributed by atoms with Gasteiger partial charge >= 0.3 is 5.97 Å². The van der Waals surface area contributed by atoms with Crippen LogP contribution in [0.15, 0.2) is 66.0 Å². The number of carbonyl (C=O) groups excluding carboxylic acids is 2. The summed E-state index contributed by atoms with van der Waals surface area (Å²) in [4.78, 5) is 28.7. The number of sulfonamides is 1. The number of anilines is 1. The molecule has 1 fully saturated rings. The fraction of sp³-hybridized carbons (Fsp3) is 0.304. The summed E-state index contributed by atoms with van der Waals surface area (Å²) in [7, 11) is -2.70. The Morgan fingerprint density at radius 3 is 2.59 bits per heavy atom. The fourth-order valence-corrected chi connectivity index (χ4v) is 5.54. The van der Waals surface area contributed by atoms with Crippen molar-refractivity contribution in [3.8, 4) is 0 Å². The molecule has 0 bridgehead atoms. The number of esters is 1. The smallest absolute Gasteiger partial charge is 0.339 e. The number of aromatic nitrogens is 3. The lowest BCUT2D eigenvalue weighted by molar-refractivity contribution is -0.120. The van der Waals surface area contributed by atoms with Crippen LogP contribution in [0.4, 0.5) is 5.82 Å². The van der Waals surface area contributed by atoms with E-state index in [4.69, 9.17) is 4.74 Å². The van der Waals surface area contributed by atoms with Crippen LogP contribution in [0.2, 0.25) is 0 Å². The van der Waals surface area contributed by atoms with Gasteiger partial charge in [0.25, 0.3) is 0 Å². The lowest BCUT2D eigenvalue weighted by atomic mass is 9.97. The second kappa shape index (κ2) is 10.1. The number of nitrogens with zero attached hydrogens (tertiary/aromatic N) is 4. The van der Waals surface area contributed by atoms with E-state index in [1.165, 1.54) is 23.5 Å². The highest BCUT2D eigenvalue weighted by Gasteiger charge is 2.34. The van der Waals surface area contributed by atoms with Crippen molar-refractivity contribution in [3.05, 3.63) is 72.2 Å². The third-order valence-electron chi connectivity index (χ3n) is 5.69. The van der Waals surface area contributed by atoms with Gasteiger partial charge < -0.3 is 10.1 Å². The summed E-state index contributed by atoms with van der Waals surface area (Å²) in [5.41, 5.74) is 0.984. The first-order chi connectivity index (χ1) is 16.4. The molecule has 0 saturated carbocycles. The molecule has 1 aliphatic rings. The molecule has 3 heterocycles. The van der Waals surface area contributed by atoms with Crippen molar-refractivity contribution in [1.82, 2.24) is 19.1 Å². The van der Waals surface area contributed by atoms with Gasteiger partial charge in [-0.1, -0.05) is 18.2 Å². The maximum Gasteiger partial charge on any atom is 0.339 e. The largest absolute Gasteiger partial charge is 0.465 e. The standard InChI is InChI=1S/C23H25N5O5S/c1-33-23(30)19-6-2-3-7-20(19)34(31,32)28-13-8-18(9-14-28)22(29)25-21-10-12-27(26-21)16-17-5-4-11-24-15-17/h2-7,10-12,15,18H,8-9,13-14,16H2,1H3,(H,25,26,29). The fourth-order valence-electron chi connectivity index (χ4n) is 3.89. The second-order valence-electron chi connectivity index (χ2n) is 7.92. The molecular weight excluding hydrogens is 458 g/mol. The Kier molecular flexibility index (Phi) is 7.03. The van der Waals surface area contributed by atoms with Crippen LogP contribution in [0, 0.1) is 5.92 Å². The third kappa shape index (κ3) is 5.15. The summed E-state index contributed by atoms with van der Waals surface area (Å²) in [6.45, 7) is 0.879. The van der Waals surface area contributed by atoms with Crippen LogP contribution in [-0.2, 0) is 26.1 Å². The zero-order valence-electron chi connectivity index (χ0n) is 18.6. The molecule has 0 unspecified atom stereocenters. The minimum atomic E-state index is -3.90. The summed E-state index contributed by atoms with van der Waals surface area (Å²) < 4.78 is 34.0.